The number of para-hydroxylation sites is 1. The second kappa shape index (κ2) is 9.84. The van der Waals surface area contributed by atoms with Gasteiger partial charge < -0.3 is 19.1 Å². The van der Waals surface area contributed by atoms with E-state index in [0.717, 1.165) is 5.39 Å². The quantitative estimate of drug-likeness (QED) is 0.306. The second-order valence-corrected chi connectivity index (χ2v) is 7.70. The van der Waals surface area contributed by atoms with Crippen molar-refractivity contribution in [3.63, 3.8) is 0 Å². The number of nitro groups is 1. The van der Waals surface area contributed by atoms with Crippen LogP contribution in [0.3, 0.4) is 0 Å². The van der Waals surface area contributed by atoms with E-state index < -0.39 is 16.9 Å². The maximum Gasteiger partial charge on any atom is 0.340 e. The summed E-state index contributed by atoms with van der Waals surface area (Å²) in [5.74, 6) is -1.35. The molecule has 176 valence electrons. The summed E-state index contributed by atoms with van der Waals surface area (Å²) >= 11 is 0. The van der Waals surface area contributed by atoms with E-state index in [9.17, 15) is 19.7 Å². The first-order chi connectivity index (χ1) is 16.4. The van der Waals surface area contributed by atoms with Crippen molar-refractivity contribution in [3.8, 4) is 0 Å². The number of hydrogen-bond acceptors (Lipinski definition) is 9. The third-order valence-electron chi connectivity index (χ3n) is 5.72. The fourth-order valence-electron chi connectivity index (χ4n) is 4.00. The highest BCUT2D eigenvalue weighted by Crippen LogP contribution is 2.30. The number of aromatic nitrogens is 1. The van der Waals surface area contributed by atoms with Crippen molar-refractivity contribution in [1.82, 2.24) is 4.98 Å². The van der Waals surface area contributed by atoms with E-state index in [4.69, 9.17) is 14.2 Å². The molecule has 1 fully saturated rings. The van der Waals surface area contributed by atoms with E-state index in [1.165, 1.54) is 19.2 Å². The van der Waals surface area contributed by atoms with Gasteiger partial charge in [-0.15, -0.1) is 0 Å². The van der Waals surface area contributed by atoms with Crippen molar-refractivity contribution < 1.29 is 28.7 Å². The number of anilines is 1. The molecule has 0 aliphatic carbocycles. The number of nitrogens with zero attached hydrogens (tertiary/aromatic N) is 3. The molecule has 4 rings (SSSR count). The Morgan fingerprint density at radius 2 is 1.88 bits per heavy atom. The Morgan fingerprint density at radius 1 is 1.15 bits per heavy atom. The Hall–Kier alpha value is -4.05. The minimum atomic E-state index is -0.764. The van der Waals surface area contributed by atoms with E-state index in [1.54, 1.807) is 19.1 Å². The average Bonchev–Trinajstić information content (AvgIpc) is 2.87. The van der Waals surface area contributed by atoms with Crippen LogP contribution in [0.1, 0.15) is 32.0 Å². The minimum Gasteiger partial charge on any atom is -0.465 e. The standard InChI is InChI=1S/C24H23N3O7/c1-15-17-5-3-4-6-18(17)25-19(22(15)24(29)32-2)14-34-23(28)16-7-8-20(21(13-16)27(30)31)26-9-11-33-12-10-26/h3-8,13H,9-12,14H2,1-2H3. The van der Waals surface area contributed by atoms with Crippen LogP contribution in [-0.2, 0) is 20.8 Å². The topological polar surface area (TPSA) is 121 Å². The number of rotatable bonds is 6. The number of hydrogen-bond donors (Lipinski definition) is 0. The first kappa shape index (κ1) is 23.1. The molecule has 1 aromatic heterocycles. The number of nitro benzene ring substituents is 1. The Morgan fingerprint density at radius 3 is 2.59 bits per heavy atom. The number of methoxy groups -OCH3 is 1. The monoisotopic (exact) mass is 465 g/mol. The normalized spacial score (nSPS) is 13.5. The molecule has 0 N–H and O–H groups in total. The summed E-state index contributed by atoms with van der Waals surface area (Å²) in [6, 6.07) is 11.5. The highest BCUT2D eigenvalue weighted by Gasteiger charge is 2.25. The molecule has 34 heavy (non-hydrogen) atoms. The number of aryl methyl sites for hydroxylation is 1. The molecule has 0 radical (unpaired) electrons. The number of morpholine rings is 1. The van der Waals surface area contributed by atoms with Crippen LogP contribution in [0.4, 0.5) is 11.4 Å². The van der Waals surface area contributed by atoms with Crippen LogP contribution >= 0.6 is 0 Å². The van der Waals surface area contributed by atoms with Crippen LogP contribution in [0.5, 0.6) is 0 Å². The van der Waals surface area contributed by atoms with Crippen molar-refractivity contribution in [2.75, 3.05) is 38.3 Å². The largest absolute Gasteiger partial charge is 0.465 e. The maximum absolute atomic E-state index is 12.8. The highest BCUT2D eigenvalue weighted by molar-refractivity contribution is 5.98. The molecule has 10 nitrogen and oxygen atoms in total. The Balaban J connectivity index is 1.61. The number of fused-ring (bicyclic) bond motifs is 1. The summed E-state index contributed by atoms with van der Waals surface area (Å²) < 4.78 is 15.6. The Labute approximate surface area is 195 Å². The molecule has 0 spiro atoms. The number of benzene rings is 2. The first-order valence-corrected chi connectivity index (χ1v) is 10.7. The van der Waals surface area contributed by atoms with Gasteiger partial charge in [0.25, 0.3) is 5.69 Å². The van der Waals surface area contributed by atoms with Crippen LogP contribution in [0, 0.1) is 17.0 Å². The molecule has 10 heteroatoms. The molecule has 0 bridgehead atoms. The number of ether oxygens (including phenoxy) is 3. The lowest BCUT2D eigenvalue weighted by Crippen LogP contribution is -2.36. The Kier molecular flexibility index (Phi) is 6.69. The van der Waals surface area contributed by atoms with Gasteiger partial charge in [0, 0.05) is 24.5 Å². The van der Waals surface area contributed by atoms with Gasteiger partial charge >= 0.3 is 11.9 Å². The van der Waals surface area contributed by atoms with E-state index in [-0.39, 0.29) is 29.1 Å². The van der Waals surface area contributed by atoms with Gasteiger partial charge in [0.15, 0.2) is 0 Å². The van der Waals surface area contributed by atoms with Crippen LogP contribution < -0.4 is 4.90 Å². The zero-order valence-electron chi connectivity index (χ0n) is 18.8. The van der Waals surface area contributed by atoms with Crippen molar-refractivity contribution in [2.24, 2.45) is 0 Å². The molecule has 0 unspecified atom stereocenters. The zero-order valence-corrected chi connectivity index (χ0v) is 18.8. The maximum atomic E-state index is 12.8. The average molecular weight is 465 g/mol. The van der Waals surface area contributed by atoms with Crippen molar-refractivity contribution in [2.45, 2.75) is 13.5 Å². The predicted octanol–water partition coefficient (Wildman–Crippen LogP) is 3.43. The summed E-state index contributed by atoms with van der Waals surface area (Å²) in [5.41, 5.74) is 2.04. The summed E-state index contributed by atoms with van der Waals surface area (Å²) in [4.78, 5) is 42.7. The van der Waals surface area contributed by atoms with Gasteiger partial charge in [0.05, 0.1) is 47.6 Å². The summed E-state index contributed by atoms with van der Waals surface area (Å²) in [6.07, 6.45) is 0. The van der Waals surface area contributed by atoms with Crippen LogP contribution in [0.2, 0.25) is 0 Å². The molecule has 2 aromatic carbocycles. The van der Waals surface area contributed by atoms with E-state index in [0.29, 0.717) is 43.1 Å². The predicted molar refractivity (Wildman–Crippen MR) is 123 cm³/mol. The van der Waals surface area contributed by atoms with E-state index in [2.05, 4.69) is 4.98 Å². The van der Waals surface area contributed by atoms with Gasteiger partial charge in [-0.25, -0.2) is 14.6 Å². The fraction of sp³-hybridized carbons (Fsp3) is 0.292. The minimum absolute atomic E-state index is 0.0286. The molecule has 1 aliphatic rings. The van der Waals surface area contributed by atoms with Gasteiger partial charge in [-0.05, 0) is 30.7 Å². The molecule has 1 aliphatic heterocycles. The molecule has 3 aromatic rings. The summed E-state index contributed by atoms with van der Waals surface area (Å²) in [7, 11) is 1.27. The third-order valence-corrected chi connectivity index (χ3v) is 5.72. The lowest BCUT2D eigenvalue weighted by Gasteiger charge is -2.28. The Bertz CT molecular complexity index is 1270. The van der Waals surface area contributed by atoms with Gasteiger partial charge in [0.1, 0.15) is 12.3 Å². The van der Waals surface area contributed by atoms with Gasteiger partial charge in [-0.3, -0.25) is 10.1 Å². The van der Waals surface area contributed by atoms with E-state index >= 15 is 0 Å². The van der Waals surface area contributed by atoms with E-state index in [1.807, 2.05) is 23.1 Å². The van der Waals surface area contributed by atoms with Crippen LogP contribution in [0.15, 0.2) is 42.5 Å². The van der Waals surface area contributed by atoms with Crippen LogP contribution in [0.25, 0.3) is 10.9 Å². The molecular weight excluding hydrogens is 442 g/mol. The molecule has 0 saturated carbocycles. The van der Waals surface area contributed by atoms with Gasteiger partial charge in [-0.2, -0.15) is 0 Å². The fourth-order valence-corrected chi connectivity index (χ4v) is 4.00. The van der Waals surface area contributed by atoms with Crippen LogP contribution in [-0.4, -0.2) is 55.3 Å². The highest BCUT2D eigenvalue weighted by atomic mass is 16.6. The van der Waals surface area contributed by atoms with Crippen molar-refractivity contribution in [1.29, 1.82) is 0 Å². The smallest absolute Gasteiger partial charge is 0.340 e. The first-order valence-electron chi connectivity index (χ1n) is 10.7. The second-order valence-electron chi connectivity index (χ2n) is 7.70. The van der Waals surface area contributed by atoms with Gasteiger partial charge in [-0.1, -0.05) is 18.2 Å². The lowest BCUT2D eigenvalue weighted by molar-refractivity contribution is -0.384. The number of pyridine rings is 1. The third kappa shape index (κ3) is 4.53. The molecule has 0 amide bonds. The number of esters is 2. The molecule has 2 heterocycles. The van der Waals surface area contributed by atoms with Crippen molar-refractivity contribution in [3.05, 3.63) is 75.0 Å². The summed E-state index contributed by atoms with van der Waals surface area (Å²) in [5, 5.41) is 12.5. The lowest BCUT2D eigenvalue weighted by atomic mass is 10.0. The summed E-state index contributed by atoms with van der Waals surface area (Å²) in [6.45, 7) is 3.47. The SMILES string of the molecule is COC(=O)c1c(COC(=O)c2ccc(N3CCOCC3)c([N+](=O)[O-])c2)nc2ccccc2c1C. The molecule has 1 saturated heterocycles. The zero-order chi connectivity index (χ0) is 24.2. The number of carbonyl (C=O) groups is 2. The molecule has 0 atom stereocenters. The number of carbonyl (C=O) groups excluding carboxylic acids is 2. The van der Waals surface area contributed by atoms with Gasteiger partial charge in [0.2, 0.25) is 0 Å². The van der Waals surface area contributed by atoms with Crippen molar-refractivity contribution >= 4 is 34.2 Å². The molecular formula is C24H23N3O7.